The first-order chi connectivity index (χ1) is 9.38. The van der Waals surface area contributed by atoms with E-state index >= 15 is 0 Å². The highest BCUT2D eigenvalue weighted by molar-refractivity contribution is 5.84. The van der Waals surface area contributed by atoms with E-state index in [2.05, 4.69) is 34.5 Å². The van der Waals surface area contributed by atoms with Gasteiger partial charge in [0, 0.05) is 25.0 Å². The Labute approximate surface area is 113 Å². The van der Waals surface area contributed by atoms with E-state index in [1.807, 2.05) is 13.1 Å². The molecule has 2 heterocycles. The third-order valence-corrected chi connectivity index (χ3v) is 3.49. The minimum atomic E-state index is 0.788. The second-order valence-corrected chi connectivity index (χ2v) is 4.79. The van der Waals surface area contributed by atoms with Crippen molar-refractivity contribution in [3.8, 4) is 0 Å². The van der Waals surface area contributed by atoms with Crippen LogP contribution in [0, 0.1) is 0 Å². The lowest BCUT2D eigenvalue weighted by Gasteiger charge is -2.28. The molecule has 3 rings (SSSR count). The highest BCUT2D eigenvalue weighted by Gasteiger charge is 2.14. The number of ether oxygens (including phenoxy) is 1. The first-order valence-electron chi connectivity index (χ1n) is 6.74. The van der Waals surface area contributed by atoms with Gasteiger partial charge in [-0.25, -0.2) is 4.98 Å². The maximum atomic E-state index is 5.40. The Hall–Kier alpha value is -1.65. The molecule has 0 atom stereocenters. The minimum absolute atomic E-state index is 0.788. The number of nitrogens with zero attached hydrogens (tertiary/aromatic N) is 2. The summed E-state index contributed by atoms with van der Waals surface area (Å²) in [5.74, 6) is 1.06. The Kier molecular flexibility index (Phi) is 3.62. The largest absolute Gasteiger partial charge is 0.378 e. The van der Waals surface area contributed by atoms with Crippen molar-refractivity contribution in [1.29, 1.82) is 0 Å². The number of hydrogen-bond donors (Lipinski definition) is 1. The van der Waals surface area contributed by atoms with Crippen LogP contribution in [-0.2, 0) is 11.3 Å². The van der Waals surface area contributed by atoms with E-state index in [1.165, 1.54) is 10.9 Å². The molecule has 4 heteroatoms. The van der Waals surface area contributed by atoms with Gasteiger partial charge >= 0.3 is 0 Å². The predicted molar refractivity (Wildman–Crippen MR) is 77.5 cm³/mol. The number of fused-ring (bicyclic) bond motifs is 1. The van der Waals surface area contributed by atoms with Crippen molar-refractivity contribution < 1.29 is 4.74 Å². The van der Waals surface area contributed by atoms with Gasteiger partial charge in [0.2, 0.25) is 0 Å². The van der Waals surface area contributed by atoms with Gasteiger partial charge in [0.15, 0.2) is 0 Å². The first-order valence-corrected chi connectivity index (χ1v) is 6.74. The van der Waals surface area contributed by atoms with Gasteiger partial charge in [-0.3, -0.25) is 0 Å². The summed E-state index contributed by atoms with van der Waals surface area (Å²) in [6, 6.07) is 10.5. The van der Waals surface area contributed by atoms with Crippen LogP contribution in [0.4, 0.5) is 5.82 Å². The van der Waals surface area contributed by atoms with E-state index in [-0.39, 0.29) is 0 Å². The number of morpholine rings is 1. The highest BCUT2D eigenvalue weighted by Crippen LogP contribution is 2.23. The molecule has 1 saturated heterocycles. The molecule has 0 amide bonds. The summed E-state index contributed by atoms with van der Waals surface area (Å²) in [5, 5.41) is 4.47. The number of hydrogen-bond acceptors (Lipinski definition) is 4. The lowest BCUT2D eigenvalue weighted by atomic mass is 10.1. The van der Waals surface area contributed by atoms with E-state index in [9.17, 15) is 0 Å². The van der Waals surface area contributed by atoms with Crippen LogP contribution in [0.15, 0.2) is 30.3 Å². The van der Waals surface area contributed by atoms with Gasteiger partial charge < -0.3 is 15.0 Å². The fraction of sp³-hybridized carbons (Fsp3) is 0.400. The van der Waals surface area contributed by atoms with E-state index in [0.29, 0.717) is 0 Å². The molecule has 0 unspecified atom stereocenters. The molecule has 1 N–H and O–H groups in total. The summed E-state index contributed by atoms with van der Waals surface area (Å²) in [6.45, 7) is 4.28. The predicted octanol–water partition coefficient (Wildman–Crippen LogP) is 1.79. The van der Waals surface area contributed by atoms with Crippen molar-refractivity contribution in [2.45, 2.75) is 6.54 Å². The highest BCUT2D eigenvalue weighted by atomic mass is 16.5. The number of nitrogens with one attached hydrogen (secondary N) is 1. The molecule has 1 aromatic carbocycles. The molecule has 1 aromatic heterocycles. The van der Waals surface area contributed by atoms with Crippen LogP contribution in [0.2, 0.25) is 0 Å². The summed E-state index contributed by atoms with van der Waals surface area (Å²) in [5.41, 5.74) is 2.37. The van der Waals surface area contributed by atoms with Gasteiger partial charge in [-0.1, -0.05) is 18.2 Å². The molecule has 19 heavy (non-hydrogen) atoms. The summed E-state index contributed by atoms with van der Waals surface area (Å²) in [7, 11) is 1.98. The van der Waals surface area contributed by atoms with E-state index in [1.54, 1.807) is 0 Å². The number of aromatic nitrogens is 1. The second-order valence-electron chi connectivity index (χ2n) is 4.79. The topological polar surface area (TPSA) is 37.4 Å². The molecule has 100 valence electrons. The number of pyridine rings is 1. The summed E-state index contributed by atoms with van der Waals surface area (Å²) in [4.78, 5) is 7.09. The maximum Gasteiger partial charge on any atom is 0.129 e. The standard InChI is InChI=1S/C15H19N3O/c1-16-11-12-10-15(18-6-8-19-9-7-18)17-14-5-3-2-4-13(12)14/h2-5,10,16H,6-9,11H2,1H3. The van der Waals surface area contributed by atoms with Crippen molar-refractivity contribution in [2.24, 2.45) is 0 Å². The molecular formula is C15H19N3O. The summed E-state index contributed by atoms with van der Waals surface area (Å²) in [6.07, 6.45) is 0. The fourth-order valence-electron chi connectivity index (χ4n) is 2.52. The zero-order chi connectivity index (χ0) is 13.1. The minimum Gasteiger partial charge on any atom is -0.378 e. The monoisotopic (exact) mass is 257 g/mol. The molecule has 1 fully saturated rings. The van der Waals surface area contributed by atoms with E-state index in [4.69, 9.17) is 9.72 Å². The Balaban J connectivity index is 2.04. The van der Waals surface area contributed by atoms with Crippen LogP contribution in [0.25, 0.3) is 10.9 Å². The molecule has 0 aliphatic carbocycles. The first kappa shape index (κ1) is 12.4. The Morgan fingerprint density at radius 1 is 1.26 bits per heavy atom. The summed E-state index contributed by atoms with van der Waals surface area (Å²) >= 11 is 0. The van der Waals surface area contributed by atoms with Gasteiger partial charge in [0.1, 0.15) is 5.82 Å². The lowest BCUT2D eigenvalue weighted by molar-refractivity contribution is 0.122. The normalized spacial score (nSPS) is 15.9. The van der Waals surface area contributed by atoms with Gasteiger partial charge in [-0.05, 0) is 24.7 Å². The van der Waals surface area contributed by atoms with Crippen LogP contribution >= 0.6 is 0 Å². The molecule has 0 saturated carbocycles. The lowest BCUT2D eigenvalue weighted by Crippen LogP contribution is -2.36. The third-order valence-electron chi connectivity index (χ3n) is 3.49. The molecule has 1 aliphatic rings. The quantitative estimate of drug-likeness (QED) is 0.909. The number of rotatable bonds is 3. The average Bonchev–Trinajstić information content (AvgIpc) is 2.48. The average molecular weight is 257 g/mol. The van der Waals surface area contributed by atoms with Crippen molar-refractivity contribution in [1.82, 2.24) is 10.3 Å². The number of benzene rings is 1. The molecule has 0 radical (unpaired) electrons. The zero-order valence-electron chi connectivity index (χ0n) is 11.2. The van der Waals surface area contributed by atoms with Crippen molar-refractivity contribution in [2.75, 3.05) is 38.3 Å². The van der Waals surface area contributed by atoms with Crippen LogP contribution in [0.1, 0.15) is 5.56 Å². The van der Waals surface area contributed by atoms with Crippen LogP contribution in [-0.4, -0.2) is 38.3 Å². The molecule has 1 aliphatic heterocycles. The van der Waals surface area contributed by atoms with Crippen molar-refractivity contribution >= 4 is 16.7 Å². The zero-order valence-corrected chi connectivity index (χ0v) is 11.2. The van der Waals surface area contributed by atoms with Gasteiger partial charge in [-0.15, -0.1) is 0 Å². The molecule has 4 nitrogen and oxygen atoms in total. The van der Waals surface area contributed by atoms with Gasteiger partial charge in [0.25, 0.3) is 0 Å². The molecular weight excluding hydrogens is 238 g/mol. The third kappa shape index (κ3) is 2.55. The van der Waals surface area contributed by atoms with Gasteiger partial charge in [-0.2, -0.15) is 0 Å². The van der Waals surface area contributed by atoms with Crippen LogP contribution in [0.5, 0.6) is 0 Å². The molecule has 0 bridgehead atoms. The van der Waals surface area contributed by atoms with Crippen LogP contribution < -0.4 is 10.2 Å². The Morgan fingerprint density at radius 2 is 2.05 bits per heavy atom. The SMILES string of the molecule is CNCc1cc(N2CCOCC2)nc2ccccc12. The van der Waals surface area contributed by atoms with E-state index < -0.39 is 0 Å². The Morgan fingerprint density at radius 3 is 2.84 bits per heavy atom. The molecule has 0 spiro atoms. The van der Waals surface area contributed by atoms with Crippen molar-refractivity contribution in [3.05, 3.63) is 35.9 Å². The fourth-order valence-corrected chi connectivity index (χ4v) is 2.52. The van der Waals surface area contributed by atoms with E-state index in [0.717, 1.165) is 44.2 Å². The number of para-hydroxylation sites is 1. The van der Waals surface area contributed by atoms with Crippen molar-refractivity contribution in [3.63, 3.8) is 0 Å². The number of anilines is 1. The van der Waals surface area contributed by atoms with Crippen LogP contribution in [0.3, 0.4) is 0 Å². The Bertz CT molecular complexity index is 564. The summed E-state index contributed by atoms with van der Waals surface area (Å²) < 4.78 is 5.40. The maximum absolute atomic E-state index is 5.40. The smallest absolute Gasteiger partial charge is 0.129 e. The van der Waals surface area contributed by atoms with Gasteiger partial charge in [0.05, 0.1) is 18.7 Å². The molecule has 2 aromatic rings. The second kappa shape index (κ2) is 5.55.